The van der Waals surface area contributed by atoms with Crippen LogP contribution in [0.15, 0.2) is 26.3 Å². The zero-order valence-corrected chi connectivity index (χ0v) is 25.3. The average Bonchev–Trinajstić information content (AvgIpc) is 3.61. The monoisotopic (exact) mass is 582 g/mol. The third-order valence-electron chi connectivity index (χ3n) is 5.46. The van der Waals surface area contributed by atoms with Crippen LogP contribution < -0.4 is 10.6 Å². The summed E-state index contributed by atoms with van der Waals surface area (Å²) in [6.07, 6.45) is 11.0. The quantitative estimate of drug-likeness (QED) is 0.324. The van der Waals surface area contributed by atoms with Crippen LogP contribution in [-0.4, -0.2) is 64.7 Å². The first-order chi connectivity index (χ1) is 18.0. The van der Waals surface area contributed by atoms with Crippen LogP contribution in [0.4, 0.5) is 17.3 Å². The zero-order chi connectivity index (χ0) is 28.5. The van der Waals surface area contributed by atoms with Gasteiger partial charge in [0.15, 0.2) is 21.6 Å². The molecule has 13 heteroatoms. The third kappa shape index (κ3) is 7.94. The molecule has 4 heterocycles. The molecule has 0 saturated carbocycles. The van der Waals surface area contributed by atoms with Gasteiger partial charge in [-0.2, -0.15) is 13.1 Å². The number of hydrogen-bond acceptors (Lipinski definition) is 11. The first-order valence-corrected chi connectivity index (χ1v) is 15.3. The number of anilines is 3. The normalized spacial score (nSPS) is 14.6. The molecule has 1 saturated heterocycles. The van der Waals surface area contributed by atoms with E-state index in [2.05, 4.69) is 71.7 Å². The fraction of sp³-hybridized carbons (Fsp3) is 0.520. The van der Waals surface area contributed by atoms with E-state index in [-0.39, 0.29) is 21.1 Å². The highest BCUT2D eigenvalue weighted by atomic mass is 32.2. The van der Waals surface area contributed by atoms with Crippen molar-refractivity contribution in [1.82, 2.24) is 18.0 Å². The molecule has 4 rings (SSSR count). The van der Waals surface area contributed by atoms with Crippen molar-refractivity contribution in [2.24, 2.45) is 0 Å². The minimum atomic E-state index is -3.77. The second-order valence-electron chi connectivity index (χ2n) is 9.69. The standard InChI is InChI=1S/C20H28N6O4S3.C3H8.C2H2/c1-20(2,3)13-9-14(30-11-13)10-21-17-18(24-32-23-17)22-15-12-31-19(16(15)27)33(28,29)26-7-5-25(4)6-8-26;1-3-2;1-2/h9,11-12,27H,5-8,10H2,1-4H3,(H,21,23)(H,22,24);3H2,1-2H3;1-2H. The van der Waals surface area contributed by atoms with Gasteiger partial charge in [-0.3, -0.25) is 0 Å². The van der Waals surface area contributed by atoms with Crippen molar-refractivity contribution in [3.05, 3.63) is 29.0 Å². The van der Waals surface area contributed by atoms with Gasteiger partial charge in [0, 0.05) is 31.6 Å². The summed E-state index contributed by atoms with van der Waals surface area (Å²) >= 11 is 1.99. The van der Waals surface area contributed by atoms with Crippen molar-refractivity contribution >= 4 is 50.4 Å². The average molecular weight is 583 g/mol. The van der Waals surface area contributed by atoms with E-state index in [4.69, 9.17) is 4.42 Å². The molecule has 3 aromatic heterocycles. The molecule has 1 aliphatic rings. The number of sulfonamides is 1. The first kappa shape index (κ1) is 31.6. The predicted molar refractivity (Wildman–Crippen MR) is 156 cm³/mol. The highest BCUT2D eigenvalue weighted by Gasteiger charge is 2.32. The maximum absolute atomic E-state index is 13.0. The summed E-state index contributed by atoms with van der Waals surface area (Å²) in [4.78, 5) is 2.07. The lowest BCUT2D eigenvalue weighted by Gasteiger charge is -2.31. The molecule has 0 amide bonds. The molecule has 10 nitrogen and oxygen atoms in total. The Kier molecular flexibility index (Phi) is 11.6. The number of aromatic hydroxyl groups is 1. The lowest BCUT2D eigenvalue weighted by atomic mass is 9.89. The van der Waals surface area contributed by atoms with Crippen LogP contribution in [0.25, 0.3) is 0 Å². The predicted octanol–water partition coefficient (Wildman–Crippen LogP) is 5.15. The molecule has 0 aliphatic carbocycles. The summed E-state index contributed by atoms with van der Waals surface area (Å²) in [5.74, 6) is 1.35. The van der Waals surface area contributed by atoms with Gasteiger partial charge in [-0.1, -0.05) is 41.0 Å². The Bertz CT molecular complexity index is 1270. The lowest BCUT2D eigenvalue weighted by molar-refractivity contribution is 0.222. The molecule has 210 valence electrons. The van der Waals surface area contributed by atoms with E-state index >= 15 is 0 Å². The Morgan fingerprint density at radius 3 is 2.32 bits per heavy atom. The molecule has 0 radical (unpaired) electrons. The van der Waals surface area contributed by atoms with Crippen molar-refractivity contribution < 1.29 is 17.9 Å². The molecule has 0 bridgehead atoms. The summed E-state index contributed by atoms with van der Waals surface area (Å²) in [6.45, 7) is 13.1. The van der Waals surface area contributed by atoms with Crippen LogP contribution in [0.3, 0.4) is 0 Å². The number of furan rings is 1. The van der Waals surface area contributed by atoms with E-state index in [0.29, 0.717) is 44.4 Å². The number of aromatic nitrogens is 2. The van der Waals surface area contributed by atoms with Gasteiger partial charge in [0.25, 0.3) is 10.0 Å². The molecule has 38 heavy (non-hydrogen) atoms. The summed E-state index contributed by atoms with van der Waals surface area (Å²) in [5, 5.41) is 18.4. The van der Waals surface area contributed by atoms with Gasteiger partial charge in [-0.05, 0) is 24.1 Å². The second-order valence-corrected chi connectivity index (χ2v) is 13.2. The minimum Gasteiger partial charge on any atom is -0.504 e. The maximum atomic E-state index is 13.0. The van der Waals surface area contributed by atoms with Crippen LogP contribution >= 0.6 is 23.1 Å². The van der Waals surface area contributed by atoms with Crippen molar-refractivity contribution in [2.75, 3.05) is 43.9 Å². The van der Waals surface area contributed by atoms with Crippen LogP contribution in [-0.2, 0) is 22.0 Å². The van der Waals surface area contributed by atoms with Crippen molar-refractivity contribution in [2.45, 2.75) is 57.2 Å². The third-order valence-corrected chi connectivity index (χ3v) is 9.38. The number of nitrogens with one attached hydrogen (secondary N) is 2. The van der Waals surface area contributed by atoms with Crippen molar-refractivity contribution in [1.29, 1.82) is 0 Å². The van der Waals surface area contributed by atoms with E-state index in [1.807, 2.05) is 13.1 Å². The van der Waals surface area contributed by atoms with Gasteiger partial charge in [0.1, 0.15) is 5.76 Å². The van der Waals surface area contributed by atoms with E-state index in [9.17, 15) is 13.5 Å². The van der Waals surface area contributed by atoms with Crippen LogP contribution in [0.5, 0.6) is 5.75 Å². The van der Waals surface area contributed by atoms with Crippen molar-refractivity contribution in [3.8, 4) is 18.6 Å². The largest absolute Gasteiger partial charge is 0.504 e. The molecule has 0 spiro atoms. The number of rotatable bonds is 7. The number of terminal acetylenes is 1. The van der Waals surface area contributed by atoms with Gasteiger partial charge in [-0.15, -0.1) is 24.2 Å². The summed E-state index contributed by atoms with van der Waals surface area (Å²) < 4.78 is 41.5. The zero-order valence-electron chi connectivity index (χ0n) is 22.8. The van der Waals surface area contributed by atoms with Gasteiger partial charge < -0.3 is 25.1 Å². The molecular formula is C25H38N6O4S3. The summed E-state index contributed by atoms with van der Waals surface area (Å²) in [7, 11) is -1.81. The molecule has 3 aromatic rings. The lowest BCUT2D eigenvalue weighted by Crippen LogP contribution is -2.46. The van der Waals surface area contributed by atoms with Gasteiger partial charge >= 0.3 is 0 Å². The molecule has 0 atom stereocenters. The number of hydrogen-bond donors (Lipinski definition) is 3. The maximum Gasteiger partial charge on any atom is 0.256 e. The number of nitrogens with zero attached hydrogens (tertiary/aromatic N) is 4. The van der Waals surface area contributed by atoms with Gasteiger partial charge in [0.2, 0.25) is 0 Å². The van der Waals surface area contributed by atoms with Gasteiger partial charge in [-0.25, -0.2) is 8.42 Å². The van der Waals surface area contributed by atoms with Gasteiger partial charge in [0.05, 0.1) is 30.2 Å². The Balaban J connectivity index is 0.000000947. The minimum absolute atomic E-state index is 0.00467. The molecular weight excluding hydrogens is 545 g/mol. The van der Waals surface area contributed by atoms with Crippen LogP contribution in [0.1, 0.15) is 52.4 Å². The van der Waals surface area contributed by atoms with Crippen LogP contribution in [0, 0.1) is 12.8 Å². The van der Waals surface area contributed by atoms with Crippen molar-refractivity contribution in [3.63, 3.8) is 0 Å². The summed E-state index contributed by atoms with van der Waals surface area (Å²) in [5.41, 5.74) is 1.37. The second kappa shape index (κ2) is 14.0. The Morgan fingerprint density at radius 2 is 1.74 bits per heavy atom. The molecule has 1 aliphatic heterocycles. The molecule has 0 aromatic carbocycles. The van der Waals surface area contributed by atoms with E-state index < -0.39 is 10.0 Å². The highest BCUT2D eigenvalue weighted by Crippen LogP contribution is 2.41. The highest BCUT2D eigenvalue weighted by molar-refractivity contribution is 7.91. The van der Waals surface area contributed by atoms with E-state index in [1.54, 1.807) is 11.6 Å². The SMILES string of the molecule is C#C.CCC.CN1CCN(S(=O)(=O)c2scc(Nc3nsnc3NCc3cc(C(C)(C)C)co3)c2O)CC1. The van der Waals surface area contributed by atoms with E-state index in [1.165, 1.54) is 10.7 Å². The fourth-order valence-corrected chi connectivity index (χ4v) is 6.59. The first-order valence-electron chi connectivity index (χ1n) is 12.2. The summed E-state index contributed by atoms with van der Waals surface area (Å²) in [6, 6.07) is 2.00. The molecule has 1 fully saturated rings. The van der Waals surface area contributed by atoms with E-state index in [0.717, 1.165) is 34.4 Å². The Morgan fingerprint density at radius 1 is 1.13 bits per heavy atom. The number of likely N-dealkylation sites (N-methyl/N-ethyl adjacent to an activating group) is 1. The molecule has 3 N–H and O–H groups in total. The fourth-order valence-electron chi connectivity index (χ4n) is 3.30. The number of piperazine rings is 1. The Labute approximate surface area is 234 Å². The van der Waals surface area contributed by atoms with Crippen LogP contribution in [0.2, 0.25) is 0 Å². The smallest absolute Gasteiger partial charge is 0.256 e. The molecule has 0 unspecified atom stereocenters. The Hall–Kier alpha value is -2.63. The topological polar surface area (TPSA) is 124 Å². The number of thiophene rings is 1.